The van der Waals surface area contributed by atoms with Gasteiger partial charge in [0.2, 0.25) is 0 Å². The highest BCUT2D eigenvalue weighted by Gasteiger charge is 2.33. The second-order valence-electron chi connectivity index (χ2n) is 6.19. The zero-order valence-corrected chi connectivity index (χ0v) is 17.5. The van der Waals surface area contributed by atoms with Gasteiger partial charge in [-0.3, -0.25) is 4.99 Å². The fourth-order valence-electron chi connectivity index (χ4n) is 2.52. The summed E-state index contributed by atoms with van der Waals surface area (Å²) in [5.74, 6) is -1.34. The lowest BCUT2D eigenvalue weighted by Crippen LogP contribution is -2.12. The van der Waals surface area contributed by atoms with Crippen molar-refractivity contribution in [2.24, 2.45) is 4.99 Å². The molecule has 0 amide bonds. The molecule has 31 heavy (non-hydrogen) atoms. The van der Waals surface area contributed by atoms with Gasteiger partial charge in [0.1, 0.15) is 12.0 Å². The molecular formula is C21H20F3N3O3S. The van der Waals surface area contributed by atoms with Gasteiger partial charge in [-0.05, 0) is 43.0 Å². The molecule has 0 unspecified atom stereocenters. The number of anilines is 1. The summed E-state index contributed by atoms with van der Waals surface area (Å²) in [7, 11) is 1.46. The number of aryl methyl sites for hydroxylation is 1. The molecule has 1 aromatic carbocycles. The number of aliphatic imine (C=N–C) groups is 1. The first-order valence-electron chi connectivity index (χ1n) is 8.86. The molecule has 2 N–H and O–H groups in total. The molecule has 0 fully saturated rings. The molecule has 0 saturated carbocycles. The summed E-state index contributed by atoms with van der Waals surface area (Å²) in [4.78, 5) is 19.5. The lowest BCUT2D eigenvalue weighted by atomic mass is 10.1. The highest BCUT2D eigenvalue weighted by atomic mass is 32.1. The summed E-state index contributed by atoms with van der Waals surface area (Å²) in [6.45, 7) is 5.26. The molecule has 0 atom stereocenters. The standard InChI is InChI=1S/C21H20F3N3O3S/c1-4-26-19-6-5-17(9-18(19)20(28)29)30-11-15(21(22,23)24)7-14(10-25-3)8-16-12-31-13(2)27-16/h4-7,9-12,26H,1,8H2,2-3H3,(H,28,29)/b14-7-,15-11-,25-10?. The number of nitrogens with zero attached hydrogens (tertiary/aromatic N) is 2. The van der Waals surface area contributed by atoms with Crippen molar-refractivity contribution in [3.8, 4) is 5.75 Å². The summed E-state index contributed by atoms with van der Waals surface area (Å²) in [6, 6.07) is 3.84. The van der Waals surface area contributed by atoms with E-state index in [1.807, 2.05) is 6.92 Å². The van der Waals surface area contributed by atoms with Gasteiger partial charge in [-0.2, -0.15) is 13.2 Å². The predicted octanol–water partition coefficient (Wildman–Crippen LogP) is 5.40. The summed E-state index contributed by atoms with van der Waals surface area (Å²) in [6.07, 6.45) is -0.461. The topological polar surface area (TPSA) is 83.8 Å². The number of benzene rings is 1. The average Bonchev–Trinajstić information content (AvgIpc) is 3.09. The first-order valence-corrected chi connectivity index (χ1v) is 9.74. The molecular weight excluding hydrogens is 431 g/mol. The largest absolute Gasteiger partial charge is 0.478 e. The number of thiazole rings is 1. The second kappa shape index (κ2) is 10.6. The molecule has 0 spiro atoms. The van der Waals surface area contributed by atoms with Crippen LogP contribution in [0.4, 0.5) is 18.9 Å². The van der Waals surface area contributed by atoms with Crippen LogP contribution in [-0.2, 0) is 6.42 Å². The minimum atomic E-state index is -4.70. The number of hydrogen-bond donors (Lipinski definition) is 2. The molecule has 0 bridgehead atoms. The third-order valence-corrected chi connectivity index (χ3v) is 4.64. The number of nitrogens with one attached hydrogen (secondary N) is 1. The molecule has 1 aromatic heterocycles. The van der Waals surface area contributed by atoms with Gasteiger partial charge in [0.05, 0.1) is 27.5 Å². The molecule has 0 aliphatic heterocycles. The molecule has 0 saturated heterocycles. The molecule has 0 radical (unpaired) electrons. The number of carboxylic acids is 1. The Morgan fingerprint density at radius 3 is 2.71 bits per heavy atom. The second-order valence-corrected chi connectivity index (χ2v) is 7.25. The minimum absolute atomic E-state index is 0.0667. The molecule has 2 rings (SSSR count). The quantitative estimate of drug-likeness (QED) is 0.303. The maximum Gasteiger partial charge on any atom is 0.419 e. The maximum absolute atomic E-state index is 13.6. The van der Waals surface area contributed by atoms with Gasteiger partial charge in [-0.1, -0.05) is 6.58 Å². The highest BCUT2D eigenvalue weighted by molar-refractivity contribution is 7.09. The van der Waals surface area contributed by atoms with Crippen molar-refractivity contribution in [1.82, 2.24) is 4.98 Å². The van der Waals surface area contributed by atoms with E-state index in [9.17, 15) is 23.1 Å². The lowest BCUT2D eigenvalue weighted by Gasteiger charge is -2.11. The highest BCUT2D eigenvalue weighted by Crippen LogP contribution is 2.29. The number of allylic oxidation sites excluding steroid dienone is 3. The van der Waals surface area contributed by atoms with Gasteiger partial charge in [0.15, 0.2) is 0 Å². The molecule has 164 valence electrons. The summed E-state index contributed by atoms with van der Waals surface area (Å²) in [5.41, 5.74) is -0.0777. The van der Waals surface area contributed by atoms with E-state index in [2.05, 4.69) is 21.9 Å². The van der Waals surface area contributed by atoms with E-state index in [0.717, 1.165) is 17.2 Å². The Bertz CT molecular complexity index is 1040. The van der Waals surface area contributed by atoms with Crippen molar-refractivity contribution in [2.45, 2.75) is 19.5 Å². The van der Waals surface area contributed by atoms with Crippen molar-refractivity contribution >= 4 is 29.2 Å². The monoisotopic (exact) mass is 451 g/mol. The van der Waals surface area contributed by atoms with Crippen LogP contribution in [0.2, 0.25) is 0 Å². The minimum Gasteiger partial charge on any atom is -0.478 e. The van der Waals surface area contributed by atoms with Gasteiger partial charge >= 0.3 is 12.1 Å². The van der Waals surface area contributed by atoms with Crippen molar-refractivity contribution in [2.75, 3.05) is 12.4 Å². The van der Waals surface area contributed by atoms with E-state index >= 15 is 0 Å². The smallest absolute Gasteiger partial charge is 0.419 e. The number of halogens is 3. The van der Waals surface area contributed by atoms with Crippen LogP contribution >= 0.6 is 11.3 Å². The van der Waals surface area contributed by atoms with Gasteiger partial charge < -0.3 is 15.2 Å². The van der Waals surface area contributed by atoms with E-state index in [1.165, 1.54) is 42.9 Å². The number of carboxylic acid groups (broad SMARTS) is 1. The normalized spacial score (nSPS) is 12.8. The third kappa shape index (κ3) is 7.10. The number of hydrogen-bond acceptors (Lipinski definition) is 6. The van der Waals surface area contributed by atoms with Crippen molar-refractivity contribution in [3.63, 3.8) is 0 Å². The Hall–Kier alpha value is -3.40. The van der Waals surface area contributed by atoms with Gasteiger partial charge in [-0.25, -0.2) is 9.78 Å². The van der Waals surface area contributed by atoms with E-state index in [-0.39, 0.29) is 29.0 Å². The summed E-state index contributed by atoms with van der Waals surface area (Å²) >= 11 is 1.40. The van der Waals surface area contributed by atoms with E-state index in [1.54, 1.807) is 5.38 Å². The molecule has 2 aromatic rings. The average molecular weight is 451 g/mol. The van der Waals surface area contributed by atoms with Crippen LogP contribution in [0.1, 0.15) is 21.1 Å². The van der Waals surface area contributed by atoms with Crippen LogP contribution in [0.15, 0.2) is 64.8 Å². The Kier molecular flexibility index (Phi) is 8.14. The number of aromatic carboxylic acids is 1. The Balaban J connectivity index is 2.37. The third-order valence-electron chi connectivity index (χ3n) is 3.82. The fourth-order valence-corrected chi connectivity index (χ4v) is 3.13. The number of rotatable bonds is 9. The zero-order chi connectivity index (χ0) is 23.0. The lowest BCUT2D eigenvalue weighted by molar-refractivity contribution is -0.0895. The summed E-state index contributed by atoms with van der Waals surface area (Å²) < 4.78 is 45.9. The molecule has 10 heteroatoms. The van der Waals surface area contributed by atoms with Gasteiger partial charge in [0.25, 0.3) is 0 Å². The molecule has 0 aliphatic rings. The van der Waals surface area contributed by atoms with Crippen LogP contribution in [0, 0.1) is 6.92 Å². The van der Waals surface area contributed by atoms with Crippen LogP contribution < -0.4 is 10.1 Å². The van der Waals surface area contributed by atoms with Gasteiger partial charge in [0, 0.05) is 25.1 Å². The Morgan fingerprint density at radius 2 is 2.16 bits per heavy atom. The predicted molar refractivity (Wildman–Crippen MR) is 115 cm³/mol. The van der Waals surface area contributed by atoms with Crippen LogP contribution in [0.3, 0.4) is 0 Å². The number of alkyl halides is 3. The number of aromatic nitrogens is 1. The van der Waals surface area contributed by atoms with E-state index in [4.69, 9.17) is 4.74 Å². The molecule has 1 heterocycles. The fraction of sp³-hybridized carbons (Fsp3) is 0.190. The van der Waals surface area contributed by atoms with Crippen LogP contribution in [-0.4, -0.2) is 35.5 Å². The van der Waals surface area contributed by atoms with E-state index in [0.29, 0.717) is 12.0 Å². The zero-order valence-electron chi connectivity index (χ0n) is 16.7. The Labute approximate surface area is 181 Å². The van der Waals surface area contributed by atoms with Crippen molar-refractivity contribution < 1.29 is 27.8 Å². The van der Waals surface area contributed by atoms with Crippen LogP contribution in [0.5, 0.6) is 5.75 Å². The molecule has 6 nitrogen and oxygen atoms in total. The van der Waals surface area contributed by atoms with Crippen molar-refractivity contribution in [1.29, 1.82) is 0 Å². The maximum atomic E-state index is 13.6. The first kappa shape index (κ1) is 23.9. The number of carbonyl (C=O) groups is 1. The summed E-state index contributed by atoms with van der Waals surface area (Å²) in [5, 5.41) is 14.5. The first-order chi connectivity index (χ1) is 14.6. The SMILES string of the molecule is C=CNc1ccc(O/C=C(/C=C(\C=NC)Cc2csc(C)n2)C(F)(F)F)cc1C(=O)O. The van der Waals surface area contributed by atoms with Gasteiger partial charge in [-0.15, -0.1) is 11.3 Å². The van der Waals surface area contributed by atoms with Crippen LogP contribution in [0.25, 0.3) is 0 Å². The molecule has 0 aliphatic carbocycles. The Morgan fingerprint density at radius 1 is 1.42 bits per heavy atom. The van der Waals surface area contributed by atoms with E-state index < -0.39 is 17.7 Å². The van der Waals surface area contributed by atoms with Crippen molar-refractivity contribution in [3.05, 3.63) is 76.1 Å². The number of ether oxygens (including phenoxy) is 1.